The van der Waals surface area contributed by atoms with E-state index in [2.05, 4.69) is 56.5 Å². The van der Waals surface area contributed by atoms with Crippen LogP contribution in [0.5, 0.6) is 0 Å². The summed E-state index contributed by atoms with van der Waals surface area (Å²) in [5.41, 5.74) is 3.06. The summed E-state index contributed by atoms with van der Waals surface area (Å²) in [5, 5.41) is 8.19. The first-order valence-electron chi connectivity index (χ1n) is 9.86. The second-order valence-electron chi connectivity index (χ2n) is 8.60. The van der Waals surface area contributed by atoms with E-state index < -0.39 is 0 Å². The molecule has 1 aromatic carbocycles. The van der Waals surface area contributed by atoms with Gasteiger partial charge in [0.15, 0.2) is 5.65 Å². The second-order valence-corrected chi connectivity index (χ2v) is 8.60. The summed E-state index contributed by atoms with van der Waals surface area (Å²) in [6, 6.07) is 8.97. The van der Waals surface area contributed by atoms with Crippen molar-refractivity contribution < 1.29 is 0 Å². The van der Waals surface area contributed by atoms with Crippen molar-refractivity contribution in [1.82, 2.24) is 24.6 Å². The Morgan fingerprint density at radius 1 is 1.25 bits per heavy atom. The highest BCUT2D eigenvalue weighted by Gasteiger charge is 2.22. The summed E-state index contributed by atoms with van der Waals surface area (Å²) < 4.78 is 1.80. The molecule has 0 amide bonds. The van der Waals surface area contributed by atoms with Crippen LogP contribution < -0.4 is 10.9 Å². The number of hydrogen-bond acceptors (Lipinski definition) is 5. The van der Waals surface area contributed by atoms with Crippen LogP contribution in [0.15, 0.2) is 35.3 Å². The Bertz CT molecular complexity index is 1040. The molecule has 2 aromatic heterocycles. The minimum absolute atomic E-state index is 0.164. The van der Waals surface area contributed by atoms with Crippen LogP contribution in [0.25, 0.3) is 11.0 Å². The molecule has 1 aliphatic rings. The second kappa shape index (κ2) is 7.05. The van der Waals surface area contributed by atoms with Crippen molar-refractivity contribution in [3.05, 3.63) is 51.9 Å². The number of fused-ring (bicyclic) bond motifs is 2. The van der Waals surface area contributed by atoms with Crippen molar-refractivity contribution in [1.29, 1.82) is 0 Å². The van der Waals surface area contributed by atoms with Gasteiger partial charge < -0.3 is 5.32 Å². The third-order valence-electron chi connectivity index (χ3n) is 5.42. The number of hydrogen-bond donors (Lipinski definition) is 2. The van der Waals surface area contributed by atoms with Crippen LogP contribution in [0.4, 0.5) is 5.95 Å². The third-order valence-corrected chi connectivity index (χ3v) is 5.42. The molecule has 0 spiro atoms. The molecule has 28 heavy (non-hydrogen) atoms. The molecule has 148 valence electrons. The molecule has 2 N–H and O–H groups in total. The van der Waals surface area contributed by atoms with Crippen LogP contribution in [0.1, 0.15) is 38.8 Å². The van der Waals surface area contributed by atoms with Gasteiger partial charge in [-0.3, -0.25) is 14.7 Å². The molecule has 3 heterocycles. The predicted molar refractivity (Wildman–Crippen MR) is 112 cm³/mol. The third kappa shape index (κ3) is 3.54. The summed E-state index contributed by atoms with van der Waals surface area (Å²) in [6.07, 6.45) is 2.66. The summed E-state index contributed by atoms with van der Waals surface area (Å²) >= 11 is 0. The van der Waals surface area contributed by atoms with Gasteiger partial charge in [-0.1, -0.05) is 24.3 Å². The molecule has 7 nitrogen and oxygen atoms in total. The Kier molecular flexibility index (Phi) is 4.71. The number of anilines is 1. The SMILES string of the molecule is CC(CNc1nc2c(cnn2C(C)(C)C)c(=O)[nH]1)N1CCc2ccccc2C1. The largest absolute Gasteiger partial charge is 0.354 e. The van der Waals surface area contributed by atoms with E-state index in [-0.39, 0.29) is 11.1 Å². The van der Waals surface area contributed by atoms with Gasteiger partial charge in [-0.25, -0.2) is 4.68 Å². The van der Waals surface area contributed by atoms with Crippen LogP contribution in [0.2, 0.25) is 0 Å². The lowest BCUT2D eigenvalue weighted by Gasteiger charge is -2.33. The molecule has 1 unspecified atom stereocenters. The zero-order valence-electron chi connectivity index (χ0n) is 17.0. The van der Waals surface area contributed by atoms with E-state index in [1.165, 1.54) is 11.1 Å². The number of nitrogens with one attached hydrogen (secondary N) is 2. The van der Waals surface area contributed by atoms with E-state index in [1.54, 1.807) is 10.9 Å². The molecule has 0 radical (unpaired) electrons. The standard InChI is InChI=1S/C21H28N6O/c1-14(26-10-9-15-7-5-6-8-16(15)13-26)11-22-20-24-18-17(19(28)25-20)12-23-27(18)21(2,3)4/h5-8,12,14H,9-11,13H2,1-4H3,(H2,22,24,25,28). The minimum Gasteiger partial charge on any atom is -0.354 e. The van der Waals surface area contributed by atoms with E-state index in [0.29, 0.717) is 29.6 Å². The molecule has 0 saturated heterocycles. The summed E-state index contributed by atoms with van der Waals surface area (Å²) in [5.74, 6) is 0.493. The number of aromatic nitrogens is 4. The van der Waals surface area contributed by atoms with Crippen molar-refractivity contribution in [2.75, 3.05) is 18.4 Å². The van der Waals surface area contributed by atoms with Crippen LogP contribution in [0, 0.1) is 0 Å². The fourth-order valence-electron chi connectivity index (χ4n) is 3.76. The topological polar surface area (TPSA) is 78.8 Å². The Hall–Kier alpha value is -2.67. The average Bonchev–Trinajstić information content (AvgIpc) is 3.10. The van der Waals surface area contributed by atoms with Gasteiger partial charge in [-0.05, 0) is 45.2 Å². The number of rotatable bonds is 4. The van der Waals surface area contributed by atoms with Gasteiger partial charge in [0.1, 0.15) is 5.39 Å². The Balaban J connectivity index is 1.49. The van der Waals surface area contributed by atoms with Crippen LogP contribution >= 0.6 is 0 Å². The molecule has 4 rings (SSSR count). The summed E-state index contributed by atoms with van der Waals surface area (Å²) in [4.78, 5) is 22.4. The van der Waals surface area contributed by atoms with Gasteiger partial charge in [0, 0.05) is 25.7 Å². The molecule has 1 atom stereocenters. The maximum atomic E-state index is 12.4. The normalized spacial score (nSPS) is 16.1. The van der Waals surface area contributed by atoms with Crippen molar-refractivity contribution in [3.8, 4) is 0 Å². The molecule has 0 aliphatic carbocycles. The number of H-pyrrole nitrogens is 1. The molecule has 0 saturated carbocycles. The van der Waals surface area contributed by atoms with E-state index >= 15 is 0 Å². The molecular formula is C21H28N6O. The van der Waals surface area contributed by atoms with Gasteiger partial charge in [-0.15, -0.1) is 0 Å². The quantitative estimate of drug-likeness (QED) is 0.728. The highest BCUT2D eigenvalue weighted by atomic mass is 16.1. The van der Waals surface area contributed by atoms with Crippen molar-refractivity contribution in [2.45, 2.75) is 52.2 Å². The van der Waals surface area contributed by atoms with Gasteiger partial charge in [0.2, 0.25) is 5.95 Å². The minimum atomic E-state index is -0.242. The lowest BCUT2D eigenvalue weighted by molar-refractivity contribution is 0.198. The first-order chi connectivity index (χ1) is 13.3. The molecule has 0 bridgehead atoms. The zero-order valence-corrected chi connectivity index (χ0v) is 17.0. The van der Waals surface area contributed by atoms with E-state index in [1.807, 2.05) is 20.8 Å². The Morgan fingerprint density at radius 2 is 2.00 bits per heavy atom. The predicted octanol–water partition coefficient (Wildman–Crippen LogP) is 2.73. The molecular weight excluding hydrogens is 352 g/mol. The van der Waals surface area contributed by atoms with Crippen molar-refractivity contribution >= 4 is 17.0 Å². The number of benzene rings is 1. The zero-order chi connectivity index (χ0) is 19.9. The fraction of sp³-hybridized carbons (Fsp3) is 0.476. The Morgan fingerprint density at radius 3 is 2.75 bits per heavy atom. The maximum absolute atomic E-state index is 12.4. The van der Waals surface area contributed by atoms with Gasteiger partial charge in [0.25, 0.3) is 5.56 Å². The van der Waals surface area contributed by atoms with E-state index in [9.17, 15) is 4.79 Å². The summed E-state index contributed by atoms with van der Waals surface area (Å²) in [7, 11) is 0. The van der Waals surface area contributed by atoms with Crippen LogP contribution in [-0.4, -0.2) is 43.8 Å². The molecule has 0 fully saturated rings. The van der Waals surface area contributed by atoms with Gasteiger partial charge in [0.05, 0.1) is 11.7 Å². The van der Waals surface area contributed by atoms with Crippen molar-refractivity contribution in [3.63, 3.8) is 0 Å². The fourth-order valence-corrected chi connectivity index (χ4v) is 3.76. The lowest BCUT2D eigenvalue weighted by atomic mass is 9.99. The van der Waals surface area contributed by atoms with Gasteiger partial charge >= 0.3 is 0 Å². The maximum Gasteiger partial charge on any atom is 0.263 e. The van der Waals surface area contributed by atoms with E-state index in [4.69, 9.17) is 0 Å². The average molecular weight is 380 g/mol. The number of nitrogens with zero attached hydrogens (tertiary/aromatic N) is 4. The highest BCUT2D eigenvalue weighted by Crippen LogP contribution is 2.21. The van der Waals surface area contributed by atoms with Crippen molar-refractivity contribution in [2.24, 2.45) is 0 Å². The molecule has 1 aliphatic heterocycles. The summed E-state index contributed by atoms with van der Waals surface area (Å²) in [6.45, 7) is 11.1. The van der Waals surface area contributed by atoms with E-state index in [0.717, 1.165) is 19.5 Å². The Labute approximate surface area is 164 Å². The van der Waals surface area contributed by atoms with Crippen LogP contribution in [0.3, 0.4) is 0 Å². The molecule has 3 aromatic rings. The molecule has 7 heteroatoms. The lowest BCUT2D eigenvalue weighted by Crippen LogP contribution is -2.41. The number of aromatic amines is 1. The smallest absolute Gasteiger partial charge is 0.263 e. The highest BCUT2D eigenvalue weighted by molar-refractivity contribution is 5.74. The first kappa shape index (κ1) is 18.7. The monoisotopic (exact) mass is 380 g/mol. The van der Waals surface area contributed by atoms with Gasteiger partial charge in [-0.2, -0.15) is 10.1 Å². The van der Waals surface area contributed by atoms with Crippen LogP contribution in [-0.2, 0) is 18.5 Å². The first-order valence-corrected chi connectivity index (χ1v) is 9.86.